The predicted molar refractivity (Wildman–Crippen MR) is 40.6 cm³/mol. The molecule has 0 aromatic carbocycles. The van der Waals surface area contributed by atoms with Crippen LogP contribution in [0.25, 0.3) is 0 Å². The normalized spacial score (nSPS) is 47.4. The van der Waals surface area contributed by atoms with Gasteiger partial charge in [0.25, 0.3) is 0 Å². The maximum absolute atomic E-state index is 2.50. The minimum Gasteiger partial charge on any atom is -0.274 e. The van der Waals surface area contributed by atoms with E-state index in [1.165, 1.54) is 0 Å². The lowest BCUT2D eigenvalue weighted by Gasteiger charge is -2.21. The summed E-state index contributed by atoms with van der Waals surface area (Å²) >= 11 is 0. The van der Waals surface area contributed by atoms with Crippen LogP contribution in [0.15, 0.2) is 36.5 Å². The van der Waals surface area contributed by atoms with Gasteiger partial charge in [0.2, 0.25) is 0 Å². The molecule has 3 aliphatic rings. The van der Waals surface area contributed by atoms with Crippen LogP contribution >= 0.6 is 0 Å². The number of rotatable bonds is 0. The van der Waals surface area contributed by atoms with Crippen molar-refractivity contribution in [3.8, 4) is 0 Å². The second-order valence-corrected chi connectivity index (χ2v) is 3.07. The van der Waals surface area contributed by atoms with Crippen LogP contribution in [-0.2, 0) is 0 Å². The number of nitrogens with zero attached hydrogens (tertiary/aromatic N) is 1. The molecule has 3 aliphatic heterocycles. The Balaban J connectivity index is 2.14. The lowest BCUT2D eigenvalue weighted by molar-refractivity contribution is 0.289. The first kappa shape index (κ1) is 4.91. The molecule has 0 aromatic rings. The van der Waals surface area contributed by atoms with Gasteiger partial charge in [-0.25, -0.2) is 0 Å². The molecule has 0 atom stereocenters. The molecule has 1 nitrogen and oxygen atoms in total. The highest BCUT2D eigenvalue weighted by atomic mass is 15.2. The summed E-state index contributed by atoms with van der Waals surface area (Å²) in [6.45, 7) is 0. The average Bonchev–Trinajstić information content (AvgIpc) is 2.56. The molecule has 50 valence electrons. The Morgan fingerprint density at radius 1 is 0.600 bits per heavy atom. The van der Waals surface area contributed by atoms with Gasteiger partial charge in [-0.3, -0.25) is 4.90 Å². The van der Waals surface area contributed by atoms with Crippen molar-refractivity contribution in [1.29, 1.82) is 0 Å². The molecule has 0 saturated carbocycles. The van der Waals surface area contributed by atoms with E-state index in [0.29, 0.717) is 18.1 Å². The third kappa shape index (κ3) is 0.400. The van der Waals surface area contributed by atoms with Crippen molar-refractivity contribution in [2.45, 2.75) is 18.1 Å². The molecule has 0 radical (unpaired) electrons. The van der Waals surface area contributed by atoms with Crippen LogP contribution < -0.4 is 0 Å². The van der Waals surface area contributed by atoms with Crippen LogP contribution in [0.3, 0.4) is 0 Å². The quantitative estimate of drug-likeness (QED) is 0.445. The van der Waals surface area contributed by atoms with Crippen molar-refractivity contribution < 1.29 is 0 Å². The highest BCUT2D eigenvalue weighted by Gasteiger charge is 2.36. The molecule has 0 amide bonds. The summed E-state index contributed by atoms with van der Waals surface area (Å²) in [5, 5.41) is 0. The van der Waals surface area contributed by atoms with Crippen LogP contribution in [0.5, 0.6) is 0 Å². The van der Waals surface area contributed by atoms with Crippen molar-refractivity contribution in [2.24, 2.45) is 0 Å². The van der Waals surface area contributed by atoms with E-state index in [-0.39, 0.29) is 0 Å². The van der Waals surface area contributed by atoms with E-state index >= 15 is 0 Å². The third-order valence-electron chi connectivity index (χ3n) is 2.55. The average molecular weight is 131 g/mol. The summed E-state index contributed by atoms with van der Waals surface area (Å²) in [4.78, 5) is 2.50. The minimum atomic E-state index is 0.602. The maximum Gasteiger partial charge on any atom is 0.0480 e. The van der Waals surface area contributed by atoms with Gasteiger partial charge in [-0.15, -0.1) is 0 Å². The van der Waals surface area contributed by atoms with E-state index in [1.54, 1.807) is 0 Å². The molecule has 3 rings (SSSR count). The van der Waals surface area contributed by atoms with Crippen molar-refractivity contribution in [3.05, 3.63) is 36.5 Å². The molecule has 1 heteroatoms. The third-order valence-corrected chi connectivity index (χ3v) is 2.55. The highest BCUT2D eigenvalue weighted by Crippen LogP contribution is 2.32. The molecule has 0 aliphatic carbocycles. The molecule has 0 saturated heterocycles. The second kappa shape index (κ2) is 1.43. The topological polar surface area (TPSA) is 3.24 Å². The minimum absolute atomic E-state index is 0.602. The molecule has 3 heterocycles. The summed E-state index contributed by atoms with van der Waals surface area (Å²) in [5.41, 5.74) is 0. The zero-order valence-electron chi connectivity index (χ0n) is 5.64. The van der Waals surface area contributed by atoms with Crippen LogP contribution in [0, 0.1) is 0 Å². The first-order valence-corrected chi connectivity index (χ1v) is 3.77. The Labute approximate surface area is 60.3 Å². The summed E-state index contributed by atoms with van der Waals surface area (Å²) in [6.07, 6.45) is 13.7. The van der Waals surface area contributed by atoms with E-state index in [1.807, 2.05) is 0 Å². The molecule has 0 N–H and O–H groups in total. The highest BCUT2D eigenvalue weighted by molar-refractivity contribution is 5.36. The zero-order valence-corrected chi connectivity index (χ0v) is 5.64. The number of hydrogen-bond donors (Lipinski definition) is 0. The van der Waals surface area contributed by atoms with E-state index < -0.39 is 0 Å². The molecule has 0 fully saturated rings. The smallest absolute Gasteiger partial charge is 0.0480 e. The lowest BCUT2D eigenvalue weighted by Crippen LogP contribution is -2.33. The van der Waals surface area contributed by atoms with Gasteiger partial charge in [0.15, 0.2) is 0 Å². The molecular formula is C9H9N. The number of hydrogen-bond acceptors (Lipinski definition) is 1. The fraction of sp³-hybridized carbons (Fsp3) is 0.333. The molecular weight excluding hydrogens is 122 g/mol. The summed E-state index contributed by atoms with van der Waals surface area (Å²) in [7, 11) is 0. The fourth-order valence-electron chi connectivity index (χ4n) is 2.07. The summed E-state index contributed by atoms with van der Waals surface area (Å²) in [5.74, 6) is 0. The van der Waals surface area contributed by atoms with Crippen LogP contribution in [0.4, 0.5) is 0 Å². The Morgan fingerprint density at radius 2 is 0.900 bits per heavy atom. The monoisotopic (exact) mass is 131 g/mol. The predicted octanol–water partition coefficient (Wildman–Crippen LogP) is 1.10. The summed E-state index contributed by atoms with van der Waals surface area (Å²) < 4.78 is 0. The van der Waals surface area contributed by atoms with Crippen molar-refractivity contribution in [1.82, 2.24) is 4.90 Å². The Hall–Kier alpha value is -0.820. The second-order valence-electron chi connectivity index (χ2n) is 3.07. The molecule has 0 unspecified atom stereocenters. The van der Waals surface area contributed by atoms with Crippen molar-refractivity contribution >= 4 is 0 Å². The Kier molecular flexibility index (Phi) is 0.702. The van der Waals surface area contributed by atoms with Gasteiger partial charge in [0.1, 0.15) is 0 Å². The van der Waals surface area contributed by atoms with Crippen molar-refractivity contribution in [2.75, 3.05) is 0 Å². The van der Waals surface area contributed by atoms with Crippen LogP contribution in [0.2, 0.25) is 0 Å². The SMILES string of the molecule is C1=CC2C=CC3C=CC1N23. The maximum atomic E-state index is 2.50. The van der Waals surface area contributed by atoms with Gasteiger partial charge in [0, 0.05) is 18.1 Å². The van der Waals surface area contributed by atoms with E-state index in [0.717, 1.165) is 0 Å². The van der Waals surface area contributed by atoms with Gasteiger partial charge in [-0.2, -0.15) is 0 Å². The molecule has 0 spiro atoms. The van der Waals surface area contributed by atoms with Gasteiger partial charge in [0.05, 0.1) is 0 Å². The van der Waals surface area contributed by atoms with Gasteiger partial charge in [-0.05, 0) is 0 Å². The molecule has 10 heavy (non-hydrogen) atoms. The first-order valence-electron chi connectivity index (χ1n) is 3.77. The lowest BCUT2D eigenvalue weighted by atomic mass is 10.3. The van der Waals surface area contributed by atoms with Gasteiger partial charge < -0.3 is 0 Å². The van der Waals surface area contributed by atoms with Crippen LogP contribution in [-0.4, -0.2) is 23.0 Å². The Bertz CT molecular complexity index is 189. The first-order chi connectivity index (χ1) is 4.95. The van der Waals surface area contributed by atoms with E-state index in [9.17, 15) is 0 Å². The zero-order chi connectivity index (χ0) is 6.55. The largest absolute Gasteiger partial charge is 0.274 e. The molecule has 0 bridgehead atoms. The van der Waals surface area contributed by atoms with Crippen molar-refractivity contribution in [3.63, 3.8) is 0 Å². The van der Waals surface area contributed by atoms with Gasteiger partial charge in [-0.1, -0.05) is 36.5 Å². The van der Waals surface area contributed by atoms with E-state index in [4.69, 9.17) is 0 Å². The fourth-order valence-corrected chi connectivity index (χ4v) is 2.07. The standard InChI is InChI=1S/C9H9N/c1-2-8-5-6-9-4-3-7(1)10(8)9/h1-9H. The van der Waals surface area contributed by atoms with Crippen LogP contribution in [0.1, 0.15) is 0 Å². The Morgan fingerprint density at radius 3 is 1.20 bits per heavy atom. The van der Waals surface area contributed by atoms with E-state index in [2.05, 4.69) is 41.4 Å². The molecule has 0 aromatic heterocycles. The summed E-state index contributed by atoms with van der Waals surface area (Å²) in [6, 6.07) is 1.81. The van der Waals surface area contributed by atoms with Gasteiger partial charge >= 0.3 is 0 Å².